The smallest absolute Gasteiger partial charge is 0.185 e. The molecule has 0 saturated carbocycles. The van der Waals surface area contributed by atoms with Crippen LogP contribution < -0.4 is 15.9 Å². The molecule has 1 nitrogen and oxygen atoms in total. The van der Waals surface area contributed by atoms with Crippen LogP contribution in [-0.4, -0.2) is 11.9 Å². The lowest BCUT2D eigenvalue weighted by atomic mass is 9.87. The van der Waals surface area contributed by atoms with Crippen LogP contribution in [0.2, 0.25) is 0 Å². The number of Topliss-reactive ketones (excluding diaryl/α,β-unsaturated/α-hetero) is 1. The van der Waals surface area contributed by atoms with Crippen LogP contribution in [0.5, 0.6) is 0 Å². The van der Waals surface area contributed by atoms with E-state index < -0.39 is 7.26 Å². The highest BCUT2D eigenvalue weighted by atomic mass is 31.2. The van der Waals surface area contributed by atoms with Crippen molar-refractivity contribution < 1.29 is 4.79 Å². The first-order valence-corrected chi connectivity index (χ1v) is 16.7. The molecule has 1 aliphatic rings. The fourth-order valence-corrected chi connectivity index (χ4v) is 10.2. The normalized spacial score (nSPS) is 14.1. The van der Waals surface area contributed by atoms with Crippen LogP contribution >= 0.6 is 7.26 Å². The Bertz CT molecular complexity index is 1190. The number of allylic oxidation sites excluding steroid dienone is 5. The molecular weight excluding hydrogens is 491 g/mol. The van der Waals surface area contributed by atoms with Crippen molar-refractivity contribution in [3.8, 4) is 0 Å². The first-order chi connectivity index (χ1) is 19.0. The summed E-state index contributed by atoms with van der Waals surface area (Å²) in [7, 11) is -1.70. The number of hydrogen-bond donors (Lipinski definition) is 0. The van der Waals surface area contributed by atoms with Gasteiger partial charge >= 0.3 is 0 Å². The highest BCUT2D eigenvalue weighted by Gasteiger charge is 2.44. The van der Waals surface area contributed by atoms with Crippen LogP contribution in [0.15, 0.2) is 126 Å². The van der Waals surface area contributed by atoms with Gasteiger partial charge in [-0.1, -0.05) is 93.3 Å². The summed E-state index contributed by atoms with van der Waals surface area (Å²) in [5.41, 5.74) is 3.86. The third-order valence-corrected chi connectivity index (χ3v) is 12.8. The van der Waals surface area contributed by atoms with Crippen LogP contribution in [0.1, 0.15) is 71.6 Å². The molecular formula is C37H44OP+. The molecule has 0 N–H and O–H groups in total. The molecule has 0 amide bonds. The van der Waals surface area contributed by atoms with E-state index in [1.807, 2.05) is 19.9 Å². The largest absolute Gasteiger partial charge is 0.289 e. The molecule has 202 valence electrons. The highest BCUT2D eigenvalue weighted by Crippen LogP contribution is 2.56. The Morgan fingerprint density at radius 1 is 0.564 bits per heavy atom. The number of rotatable bonds is 14. The monoisotopic (exact) mass is 535 g/mol. The standard InChI is InChI=1S/C37H44OP/c1-30-29-33(37(38)32(3)31(30)2)21-13-8-6-4-5-7-9-20-28-39(34-22-14-10-15-23-34,35-24-16-11-17-25-35)36-26-18-12-19-27-36/h10-12,14-19,22-27,29H,1,4-9,13,20-21,28H2,2-3H3/q+1. The van der Waals surface area contributed by atoms with Crippen LogP contribution in [0.4, 0.5) is 0 Å². The van der Waals surface area contributed by atoms with Gasteiger partial charge in [0.15, 0.2) is 5.78 Å². The summed E-state index contributed by atoms with van der Waals surface area (Å²) in [6, 6.07) is 33.7. The maximum absolute atomic E-state index is 12.5. The predicted octanol–water partition coefficient (Wildman–Crippen LogP) is 8.89. The molecule has 3 aromatic rings. The lowest BCUT2D eigenvalue weighted by molar-refractivity contribution is -0.112. The van der Waals surface area contributed by atoms with Gasteiger partial charge in [0.05, 0.1) is 6.16 Å². The molecule has 0 bridgehead atoms. The van der Waals surface area contributed by atoms with Crippen LogP contribution in [0.25, 0.3) is 0 Å². The summed E-state index contributed by atoms with van der Waals surface area (Å²) in [5, 5.41) is 4.45. The SMILES string of the molecule is C=C1C=C(CCCCCCCCCC[P+](c2ccccc2)(c2ccccc2)c2ccccc2)C(=O)C(C)=C1C. The third-order valence-electron chi connectivity index (χ3n) is 8.31. The van der Waals surface area contributed by atoms with Gasteiger partial charge in [-0.15, -0.1) is 0 Å². The molecule has 4 rings (SSSR count). The number of ketones is 1. The van der Waals surface area contributed by atoms with Crippen LogP contribution in [0, 0.1) is 0 Å². The molecule has 0 saturated heterocycles. The number of unbranched alkanes of at least 4 members (excludes halogenated alkanes) is 7. The highest BCUT2D eigenvalue weighted by molar-refractivity contribution is 7.95. The molecule has 2 heteroatoms. The van der Waals surface area contributed by atoms with Crippen LogP contribution in [-0.2, 0) is 4.79 Å². The number of benzene rings is 3. The zero-order chi connectivity index (χ0) is 27.5. The minimum Gasteiger partial charge on any atom is -0.289 e. The third kappa shape index (κ3) is 7.14. The van der Waals surface area contributed by atoms with Gasteiger partial charge in [0.1, 0.15) is 23.2 Å². The van der Waals surface area contributed by atoms with Gasteiger partial charge in [-0.25, -0.2) is 0 Å². The second-order valence-corrected chi connectivity index (χ2v) is 14.5. The fraction of sp³-hybridized carbons (Fsp3) is 0.324. The van der Waals surface area contributed by atoms with Crippen molar-refractivity contribution in [2.45, 2.75) is 71.6 Å². The van der Waals surface area contributed by atoms with E-state index in [4.69, 9.17) is 0 Å². The van der Waals surface area contributed by atoms with E-state index in [1.165, 1.54) is 67.0 Å². The Hall–Kier alpha value is -3.02. The predicted molar refractivity (Wildman–Crippen MR) is 172 cm³/mol. The van der Waals surface area contributed by atoms with E-state index in [0.29, 0.717) is 0 Å². The minimum atomic E-state index is -1.70. The van der Waals surface area contributed by atoms with Gasteiger partial charge in [-0.05, 0) is 93.2 Å². The summed E-state index contributed by atoms with van der Waals surface area (Å²) in [5.74, 6) is 0.223. The second kappa shape index (κ2) is 14.4. The summed E-state index contributed by atoms with van der Waals surface area (Å²) < 4.78 is 0. The molecule has 0 unspecified atom stereocenters. The molecule has 3 aromatic carbocycles. The average molecular weight is 536 g/mol. The lowest BCUT2D eigenvalue weighted by Crippen LogP contribution is -2.33. The van der Waals surface area contributed by atoms with Crippen molar-refractivity contribution in [2.75, 3.05) is 6.16 Å². The molecule has 0 radical (unpaired) electrons. The summed E-state index contributed by atoms with van der Waals surface area (Å²) in [6.07, 6.45) is 14.1. The van der Waals surface area contributed by atoms with Crippen LogP contribution in [0.3, 0.4) is 0 Å². The van der Waals surface area contributed by atoms with E-state index >= 15 is 0 Å². The molecule has 1 aliphatic carbocycles. The zero-order valence-electron chi connectivity index (χ0n) is 23.9. The number of hydrogen-bond acceptors (Lipinski definition) is 1. The van der Waals surface area contributed by atoms with E-state index in [-0.39, 0.29) is 5.78 Å². The topological polar surface area (TPSA) is 17.1 Å². The Morgan fingerprint density at radius 2 is 0.974 bits per heavy atom. The van der Waals surface area contributed by atoms with Crippen molar-refractivity contribution in [3.05, 3.63) is 126 Å². The maximum Gasteiger partial charge on any atom is 0.185 e. The van der Waals surface area contributed by atoms with Crippen molar-refractivity contribution in [2.24, 2.45) is 0 Å². The van der Waals surface area contributed by atoms with Gasteiger partial charge in [-0.3, -0.25) is 4.79 Å². The summed E-state index contributed by atoms with van der Waals surface area (Å²) in [6.45, 7) is 8.03. The number of carbonyl (C=O) groups excluding carboxylic acids is 1. The average Bonchev–Trinajstić information content (AvgIpc) is 2.99. The summed E-state index contributed by atoms with van der Waals surface area (Å²) >= 11 is 0. The molecule has 0 aromatic heterocycles. The Morgan fingerprint density at radius 3 is 1.44 bits per heavy atom. The van der Waals surface area contributed by atoms with Gasteiger partial charge in [0, 0.05) is 11.1 Å². The van der Waals surface area contributed by atoms with Gasteiger partial charge in [-0.2, -0.15) is 0 Å². The minimum absolute atomic E-state index is 0.223. The van der Waals surface area contributed by atoms with Crippen molar-refractivity contribution >= 4 is 29.0 Å². The molecule has 39 heavy (non-hydrogen) atoms. The lowest BCUT2D eigenvalue weighted by Gasteiger charge is -2.27. The molecule has 0 fully saturated rings. The second-order valence-electron chi connectivity index (χ2n) is 10.9. The van der Waals surface area contributed by atoms with E-state index in [0.717, 1.165) is 35.1 Å². The quantitative estimate of drug-likeness (QED) is 0.149. The van der Waals surface area contributed by atoms with Gasteiger partial charge < -0.3 is 0 Å². The number of carbonyl (C=O) groups is 1. The first-order valence-electron chi connectivity index (χ1n) is 14.7. The van der Waals surface area contributed by atoms with E-state index in [1.54, 1.807) is 0 Å². The van der Waals surface area contributed by atoms with E-state index in [2.05, 4.69) is 97.6 Å². The Kier molecular flexibility index (Phi) is 10.7. The van der Waals surface area contributed by atoms with Crippen molar-refractivity contribution in [3.63, 3.8) is 0 Å². The van der Waals surface area contributed by atoms with Crippen molar-refractivity contribution in [1.82, 2.24) is 0 Å². The first kappa shape index (κ1) is 29.0. The molecule has 0 atom stereocenters. The molecule has 0 spiro atoms. The van der Waals surface area contributed by atoms with Crippen molar-refractivity contribution in [1.29, 1.82) is 0 Å². The maximum atomic E-state index is 12.5. The Labute approximate surface area is 237 Å². The Balaban J connectivity index is 1.26. The molecule has 0 heterocycles. The van der Waals surface area contributed by atoms with E-state index in [9.17, 15) is 4.79 Å². The fourth-order valence-electron chi connectivity index (χ4n) is 5.83. The van der Waals surface area contributed by atoms with Gasteiger partial charge in [0.2, 0.25) is 0 Å². The molecule has 0 aliphatic heterocycles. The van der Waals surface area contributed by atoms with Gasteiger partial charge in [0.25, 0.3) is 0 Å². The zero-order valence-corrected chi connectivity index (χ0v) is 24.8. The summed E-state index contributed by atoms with van der Waals surface area (Å²) in [4.78, 5) is 12.5.